The summed E-state index contributed by atoms with van der Waals surface area (Å²) >= 11 is 2.03. The van der Waals surface area contributed by atoms with Gasteiger partial charge in [0.25, 0.3) is 5.91 Å². The summed E-state index contributed by atoms with van der Waals surface area (Å²) < 4.78 is 0.743. The average molecular weight is 346 g/mol. The highest BCUT2D eigenvalue weighted by molar-refractivity contribution is 14.1. The molecule has 1 aromatic rings. The van der Waals surface area contributed by atoms with E-state index in [9.17, 15) is 9.90 Å². The van der Waals surface area contributed by atoms with E-state index in [1.165, 1.54) is 6.07 Å². The molecule has 17 heavy (non-hydrogen) atoms. The number of halogens is 1. The predicted octanol–water partition coefficient (Wildman–Crippen LogP) is 1.48. The van der Waals surface area contributed by atoms with Gasteiger partial charge in [0.05, 0.1) is 9.11 Å². The van der Waals surface area contributed by atoms with E-state index in [1.807, 2.05) is 29.5 Å². The quantitative estimate of drug-likeness (QED) is 0.711. The number of carbonyl (C=O) groups is 1. The van der Waals surface area contributed by atoms with Gasteiger partial charge >= 0.3 is 0 Å². The lowest BCUT2D eigenvalue weighted by molar-refractivity contribution is 0.0912. The van der Waals surface area contributed by atoms with Crippen LogP contribution in [-0.2, 0) is 0 Å². The first-order valence-corrected chi connectivity index (χ1v) is 6.60. The first-order valence-electron chi connectivity index (χ1n) is 5.52. The maximum absolute atomic E-state index is 12.0. The Morgan fingerprint density at radius 2 is 2.35 bits per heavy atom. The molecule has 0 aromatic heterocycles. The molecule has 1 unspecified atom stereocenters. The molecular formula is C12H15IN2O2. The Morgan fingerprint density at radius 3 is 2.94 bits per heavy atom. The second-order valence-corrected chi connectivity index (χ2v) is 5.77. The summed E-state index contributed by atoms with van der Waals surface area (Å²) in [4.78, 5) is 12.0. The number of hydrogen-bond acceptors (Lipinski definition) is 3. The molecule has 4 nitrogen and oxygen atoms in total. The van der Waals surface area contributed by atoms with Crippen LogP contribution in [0.1, 0.15) is 23.7 Å². The molecule has 2 rings (SSSR count). The third kappa shape index (κ3) is 2.90. The minimum atomic E-state index is -0.185. The smallest absolute Gasteiger partial charge is 0.251 e. The summed E-state index contributed by atoms with van der Waals surface area (Å²) in [5, 5.41) is 15.8. The third-order valence-corrected chi connectivity index (χ3v) is 3.90. The molecule has 1 aliphatic heterocycles. The number of hydrogen-bond donors (Lipinski definition) is 3. The van der Waals surface area contributed by atoms with Crippen LogP contribution in [0.15, 0.2) is 18.2 Å². The van der Waals surface area contributed by atoms with Gasteiger partial charge in [-0.15, -0.1) is 0 Å². The molecule has 5 heteroatoms. The summed E-state index contributed by atoms with van der Waals surface area (Å²) in [5.74, 6) is 0.0100. The number of phenolic OH excluding ortho intramolecular Hbond substituents is 1. The van der Waals surface area contributed by atoms with Gasteiger partial charge in [-0.25, -0.2) is 0 Å². The molecular weight excluding hydrogens is 331 g/mol. The molecule has 3 N–H and O–H groups in total. The summed E-state index contributed by atoms with van der Waals surface area (Å²) in [6, 6.07) is 4.96. The number of nitrogens with one attached hydrogen (secondary N) is 2. The second kappa shape index (κ2) is 4.81. The first-order chi connectivity index (χ1) is 8.00. The van der Waals surface area contributed by atoms with Crippen molar-refractivity contribution in [2.24, 2.45) is 0 Å². The van der Waals surface area contributed by atoms with E-state index in [0.717, 1.165) is 23.1 Å². The van der Waals surface area contributed by atoms with E-state index >= 15 is 0 Å². The Hall–Kier alpha value is -0.820. The Bertz CT molecular complexity index is 442. The Morgan fingerprint density at radius 1 is 1.59 bits per heavy atom. The molecule has 1 amide bonds. The Labute approximate surface area is 114 Å². The fraction of sp³-hybridized carbons (Fsp3) is 0.417. The highest BCUT2D eigenvalue weighted by Crippen LogP contribution is 2.21. The van der Waals surface area contributed by atoms with Gasteiger partial charge in [0.15, 0.2) is 0 Å². The fourth-order valence-electron chi connectivity index (χ4n) is 1.92. The highest BCUT2D eigenvalue weighted by atomic mass is 127. The number of amides is 1. The lowest BCUT2D eigenvalue weighted by atomic mass is 10.0. The zero-order valence-electron chi connectivity index (χ0n) is 9.59. The summed E-state index contributed by atoms with van der Waals surface area (Å²) in [6.45, 7) is 3.74. The molecule has 0 radical (unpaired) electrons. The minimum absolute atomic E-state index is 0.136. The van der Waals surface area contributed by atoms with Crippen molar-refractivity contribution in [3.8, 4) is 5.75 Å². The maximum Gasteiger partial charge on any atom is 0.251 e. The minimum Gasteiger partial charge on any atom is -0.507 e. The SMILES string of the molecule is CC1(NC(=O)c2ccc(I)c(O)c2)CCNC1. The van der Waals surface area contributed by atoms with Gasteiger partial charge in [0.1, 0.15) is 5.75 Å². The normalized spacial score (nSPS) is 23.6. The molecule has 1 saturated heterocycles. The first kappa shape index (κ1) is 12.6. The van der Waals surface area contributed by atoms with Crippen molar-refractivity contribution in [3.63, 3.8) is 0 Å². The number of phenols is 1. The van der Waals surface area contributed by atoms with Gasteiger partial charge in [0, 0.05) is 12.1 Å². The molecule has 92 valence electrons. The summed E-state index contributed by atoms with van der Waals surface area (Å²) in [5.41, 5.74) is 0.312. The van der Waals surface area contributed by atoms with Crippen LogP contribution in [-0.4, -0.2) is 29.6 Å². The standard InChI is InChI=1S/C12H15IN2O2/c1-12(4-5-14-7-12)15-11(17)8-2-3-9(13)10(16)6-8/h2-3,6,14,16H,4-5,7H2,1H3,(H,15,17). The van der Waals surface area contributed by atoms with Crippen LogP contribution >= 0.6 is 22.6 Å². The molecule has 1 aliphatic rings. The van der Waals surface area contributed by atoms with Crippen LogP contribution < -0.4 is 10.6 Å². The van der Waals surface area contributed by atoms with E-state index in [1.54, 1.807) is 12.1 Å². The molecule has 0 spiro atoms. The molecule has 1 aromatic carbocycles. The largest absolute Gasteiger partial charge is 0.507 e. The van der Waals surface area contributed by atoms with Gasteiger partial charge in [-0.3, -0.25) is 4.79 Å². The molecule has 0 aliphatic carbocycles. The molecule has 1 atom stereocenters. The van der Waals surface area contributed by atoms with Gasteiger partial charge < -0.3 is 15.7 Å². The maximum atomic E-state index is 12.0. The zero-order chi connectivity index (χ0) is 12.5. The summed E-state index contributed by atoms with van der Waals surface area (Å²) in [7, 11) is 0. The van der Waals surface area contributed by atoms with Crippen molar-refractivity contribution >= 4 is 28.5 Å². The van der Waals surface area contributed by atoms with Gasteiger partial charge in [0.2, 0.25) is 0 Å². The van der Waals surface area contributed by atoms with Gasteiger partial charge in [-0.2, -0.15) is 0 Å². The molecule has 1 fully saturated rings. The molecule has 0 bridgehead atoms. The van der Waals surface area contributed by atoms with Crippen LogP contribution in [0.5, 0.6) is 5.75 Å². The van der Waals surface area contributed by atoms with Gasteiger partial charge in [-0.1, -0.05) is 0 Å². The van der Waals surface area contributed by atoms with E-state index < -0.39 is 0 Å². The lowest BCUT2D eigenvalue weighted by Gasteiger charge is -2.24. The Kier molecular flexibility index (Phi) is 3.58. The van der Waals surface area contributed by atoms with Crippen LogP contribution in [0.3, 0.4) is 0 Å². The zero-order valence-corrected chi connectivity index (χ0v) is 11.7. The van der Waals surface area contributed by atoms with Crippen molar-refractivity contribution in [2.45, 2.75) is 18.9 Å². The van der Waals surface area contributed by atoms with E-state index in [2.05, 4.69) is 10.6 Å². The average Bonchev–Trinajstić information content (AvgIpc) is 2.69. The topological polar surface area (TPSA) is 61.4 Å². The highest BCUT2D eigenvalue weighted by Gasteiger charge is 2.30. The van der Waals surface area contributed by atoms with Crippen LogP contribution in [0, 0.1) is 3.57 Å². The third-order valence-electron chi connectivity index (χ3n) is 2.99. The Balaban J connectivity index is 2.11. The van der Waals surface area contributed by atoms with Crippen LogP contribution in [0.4, 0.5) is 0 Å². The van der Waals surface area contributed by atoms with Crippen molar-refractivity contribution in [1.29, 1.82) is 0 Å². The number of benzene rings is 1. The van der Waals surface area contributed by atoms with Crippen molar-refractivity contribution < 1.29 is 9.90 Å². The fourth-order valence-corrected chi connectivity index (χ4v) is 2.26. The monoisotopic (exact) mass is 346 g/mol. The molecule has 1 heterocycles. The van der Waals surface area contributed by atoms with Gasteiger partial charge in [-0.05, 0) is 60.7 Å². The van der Waals surface area contributed by atoms with Crippen LogP contribution in [0.25, 0.3) is 0 Å². The number of aromatic hydroxyl groups is 1. The number of rotatable bonds is 2. The van der Waals surface area contributed by atoms with Crippen molar-refractivity contribution in [2.75, 3.05) is 13.1 Å². The molecule has 0 saturated carbocycles. The van der Waals surface area contributed by atoms with E-state index in [4.69, 9.17) is 0 Å². The van der Waals surface area contributed by atoms with Crippen molar-refractivity contribution in [1.82, 2.24) is 10.6 Å². The van der Waals surface area contributed by atoms with E-state index in [0.29, 0.717) is 5.56 Å². The van der Waals surface area contributed by atoms with Crippen LogP contribution in [0.2, 0.25) is 0 Å². The van der Waals surface area contributed by atoms with Crippen molar-refractivity contribution in [3.05, 3.63) is 27.3 Å². The lowest BCUT2D eigenvalue weighted by Crippen LogP contribution is -2.47. The predicted molar refractivity (Wildman–Crippen MR) is 74.2 cm³/mol. The number of carbonyl (C=O) groups excluding carboxylic acids is 1. The van der Waals surface area contributed by atoms with E-state index in [-0.39, 0.29) is 17.2 Å². The summed E-state index contributed by atoms with van der Waals surface area (Å²) in [6.07, 6.45) is 0.926. The second-order valence-electron chi connectivity index (χ2n) is 4.61.